The van der Waals surface area contributed by atoms with Crippen LogP contribution in [0.1, 0.15) is 65.7 Å². The van der Waals surface area contributed by atoms with Gasteiger partial charge in [0, 0.05) is 0 Å². The second-order valence-electron chi connectivity index (χ2n) is 7.77. The molecule has 2 aliphatic rings. The number of carbonyl (C=O) groups is 2. The molecule has 22 heavy (non-hydrogen) atoms. The van der Waals surface area contributed by atoms with Gasteiger partial charge in [0.1, 0.15) is 13.2 Å². The summed E-state index contributed by atoms with van der Waals surface area (Å²) < 4.78 is 10.4. The number of hydrogen-bond donors (Lipinski definition) is 0. The molecule has 0 aromatic carbocycles. The molecule has 0 radical (unpaired) electrons. The van der Waals surface area contributed by atoms with E-state index in [1.54, 1.807) is 0 Å². The fraction of sp³-hybridized carbons (Fsp3) is 0.889. The lowest BCUT2D eigenvalue weighted by atomic mass is 9.68. The van der Waals surface area contributed by atoms with Gasteiger partial charge in [-0.1, -0.05) is 33.6 Å². The Morgan fingerprint density at radius 2 is 1.77 bits per heavy atom. The van der Waals surface area contributed by atoms with Gasteiger partial charge in [0.2, 0.25) is 0 Å². The van der Waals surface area contributed by atoms with E-state index in [2.05, 4.69) is 13.8 Å². The summed E-state index contributed by atoms with van der Waals surface area (Å²) in [7, 11) is 0. The van der Waals surface area contributed by atoms with Crippen molar-refractivity contribution in [2.75, 3.05) is 13.2 Å². The van der Waals surface area contributed by atoms with Gasteiger partial charge in [-0.3, -0.25) is 9.59 Å². The lowest BCUT2D eigenvalue weighted by Crippen LogP contribution is -2.32. The van der Waals surface area contributed by atoms with Crippen LogP contribution in [0.3, 0.4) is 0 Å². The Morgan fingerprint density at radius 1 is 1.09 bits per heavy atom. The van der Waals surface area contributed by atoms with Crippen molar-refractivity contribution >= 4 is 11.9 Å². The molecule has 0 N–H and O–H groups in total. The standard InChI is InChI=1S/C18H30O4/c1-13(15-8-5-9-18(2,3)12-15)16(19)21-10-11-22-17(20)14-6-4-7-14/h13-15H,4-12H2,1-3H3/t13-,15?/m0/s1. The predicted octanol–water partition coefficient (Wildman–Crippen LogP) is 3.73. The molecule has 0 aromatic heterocycles. The third kappa shape index (κ3) is 4.72. The molecular formula is C18H30O4. The molecule has 2 aliphatic carbocycles. The first kappa shape index (κ1) is 17.3. The number of carbonyl (C=O) groups excluding carboxylic acids is 2. The minimum absolute atomic E-state index is 0.0677. The molecule has 4 nitrogen and oxygen atoms in total. The van der Waals surface area contributed by atoms with Gasteiger partial charge in [0.05, 0.1) is 11.8 Å². The Labute approximate surface area is 133 Å². The maximum Gasteiger partial charge on any atom is 0.309 e. The molecule has 0 spiro atoms. The molecule has 2 saturated carbocycles. The first-order chi connectivity index (χ1) is 10.4. The van der Waals surface area contributed by atoms with Crippen LogP contribution in [0, 0.1) is 23.2 Å². The van der Waals surface area contributed by atoms with Gasteiger partial charge < -0.3 is 9.47 Å². The van der Waals surface area contributed by atoms with Crippen LogP contribution in [-0.2, 0) is 19.1 Å². The summed E-state index contributed by atoms with van der Waals surface area (Å²) >= 11 is 0. The van der Waals surface area contributed by atoms with Gasteiger partial charge >= 0.3 is 11.9 Å². The molecule has 4 heteroatoms. The summed E-state index contributed by atoms with van der Waals surface area (Å²) in [6, 6.07) is 0. The zero-order valence-corrected chi connectivity index (χ0v) is 14.2. The van der Waals surface area contributed by atoms with Crippen LogP contribution in [0.5, 0.6) is 0 Å². The van der Waals surface area contributed by atoms with Crippen LogP contribution in [-0.4, -0.2) is 25.2 Å². The van der Waals surface area contributed by atoms with Crippen LogP contribution in [0.2, 0.25) is 0 Å². The Kier molecular flexibility index (Phi) is 5.87. The van der Waals surface area contributed by atoms with Crippen molar-refractivity contribution in [2.24, 2.45) is 23.2 Å². The minimum Gasteiger partial charge on any atom is -0.462 e. The summed E-state index contributed by atoms with van der Waals surface area (Å²) in [5, 5.41) is 0. The van der Waals surface area contributed by atoms with E-state index in [1.165, 1.54) is 12.8 Å². The Hall–Kier alpha value is -1.06. The average molecular weight is 310 g/mol. The van der Waals surface area contributed by atoms with Crippen LogP contribution < -0.4 is 0 Å². The van der Waals surface area contributed by atoms with Gasteiger partial charge in [0.15, 0.2) is 0 Å². The Morgan fingerprint density at radius 3 is 2.36 bits per heavy atom. The first-order valence-corrected chi connectivity index (χ1v) is 8.72. The van der Waals surface area contributed by atoms with Crippen molar-refractivity contribution < 1.29 is 19.1 Å². The fourth-order valence-electron chi connectivity index (χ4n) is 3.55. The zero-order valence-electron chi connectivity index (χ0n) is 14.2. The number of hydrogen-bond acceptors (Lipinski definition) is 4. The molecule has 1 unspecified atom stereocenters. The SMILES string of the molecule is C[C@H](C(=O)OCCOC(=O)C1CCC1)C1CCCC(C)(C)C1. The Balaban J connectivity index is 1.64. The van der Waals surface area contributed by atoms with Crippen molar-refractivity contribution in [1.82, 2.24) is 0 Å². The summed E-state index contributed by atoms with van der Waals surface area (Å²) in [6.07, 6.45) is 7.61. The van der Waals surface area contributed by atoms with Gasteiger partial charge in [0.25, 0.3) is 0 Å². The van der Waals surface area contributed by atoms with E-state index in [4.69, 9.17) is 9.47 Å². The maximum atomic E-state index is 12.1. The lowest BCUT2D eigenvalue weighted by Gasteiger charge is -2.37. The molecule has 0 aromatic rings. The molecule has 2 atom stereocenters. The minimum atomic E-state index is -0.151. The third-order valence-electron chi connectivity index (χ3n) is 5.33. The van der Waals surface area contributed by atoms with E-state index < -0.39 is 0 Å². The van der Waals surface area contributed by atoms with Gasteiger partial charge in [-0.05, 0) is 43.4 Å². The van der Waals surface area contributed by atoms with Crippen LogP contribution in [0.15, 0.2) is 0 Å². The van der Waals surface area contributed by atoms with Gasteiger partial charge in [-0.2, -0.15) is 0 Å². The van der Waals surface area contributed by atoms with Crippen molar-refractivity contribution in [3.05, 3.63) is 0 Å². The topological polar surface area (TPSA) is 52.6 Å². The second kappa shape index (κ2) is 7.47. The van der Waals surface area contributed by atoms with Gasteiger partial charge in [-0.15, -0.1) is 0 Å². The molecule has 0 bridgehead atoms. The average Bonchev–Trinajstić information content (AvgIpc) is 2.39. The van der Waals surface area contributed by atoms with Crippen molar-refractivity contribution in [2.45, 2.75) is 65.7 Å². The van der Waals surface area contributed by atoms with Crippen molar-refractivity contribution in [3.63, 3.8) is 0 Å². The molecule has 2 fully saturated rings. The molecule has 0 aliphatic heterocycles. The smallest absolute Gasteiger partial charge is 0.309 e. The highest BCUT2D eigenvalue weighted by atomic mass is 16.6. The summed E-state index contributed by atoms with van der Waals surface area (Å²) in [5.74, 6) is 0.140. The first-order valence-electron chi connectivity index (χ1n) is 8.72. The van der Waals surface area contributed by atoms with E-state index in [0.717, 1.165) is 32.1 Å². The van der Waals surface area contributed by atoms with Crippen molar-refractivity contribution in [1.29, 1.82) is 0 Å². The maximum absolute atomic E-state index is 12.1. The summed E-state index contributed by atoms with van der Waals surface area (Å²) in [4.78, 5) is 23.7. The monoisotopic (exact) mass is 310 g/mol. The Bertz CT molecular complexity index is 398. The summed E-state index contributed by atoms with van der Waals surface area (Å²) in [6.45, 7) is 6.88. The molecule has 126 valence electrons. The quantitative estimate of drug-likeness (QED) is 0.554. The van der Waals surface area contributed by atoms with Crippen LogP contribution in [0.4, 0.5) is 0 Å². The number of esters is 2. The third-order valence-corrected chi connectivity index (χ3v) is 5.33. The molecule has 0 heterocycles. The fourth-order valence-corrected chi connectivity index (χ4v) is 3.55. The highest BCUT2D eigenvalue weighted by Gasteiger charge is 2.34. The molecule has 0 amide bonds. The molecule has 2 rings (SSSR count). The highest BCUT2D eigenvalue weighted by Crippen LogP contribution is 2.41. The zero-order chi connectivity index (χ0) is 16.2. The van der Waals surface area contributed by atoms with Gasteiger partial charge in [-0.25, -0.2) is 0 Å². The summed E-state index contributed by atoms with van der Waals surface area (Å²) in [5.41, 5.74) is 0.329. The largest absolute Gasteiger partial charge is 0.462 e. The highest BCUT2D eigenvalue weighted by molar-refractivity contribution is 5.73. The predicted molar refractivity (Wildman–Crippen MR) is 84.2 cm³/mol. The number of ether oxygens (including phenoxy) is 2. The lowest BCUT2D eigenvalue weighted by molar-refractivity contribution is -0.160. The van der Waals surface area contributed by atoms with Crippen LogP contribution >= 0.6 is 0 Å². The molecular weight excluding hydrogens is 280 g/mol. The van der Waals surface area contributed by atoms with E-state index in [0.29, 0.717) is 11.3 Å². The van der Waals surface area contributed by atoms with Crippen LogP contribution in [0.25, 0.3) is 0 Å². The second-order valence-corrected chi connectivity index (χ2v) is 7.77. The number of rotatable bonds is 6. The van der Waals surface area contributed by atoms with E-state index in [9.17, 15) is 9.59 Å². The van der Waals surface area contributed by atoms with E-state index >= 15 is 0 Å². The van der Waals surface area contributed by atoms with Crippen molar-refractivity contribution in [3.8, 4) is 0 Å². The normalized spacial score (nSPS) is 25.9. The van der Waals surface area contributed by atoms with E-state index in [1.807, 2.05) is 6.92 Å². The van der Waals surface area contributed by atoms with E-state index in [-0.39, 0.29) is 37.0 Å². The molecule has 0 saturated heterocycles.